The van der Waals surface area contributed by atoms with Gasteiger partial charge < -0.3 is 14.4 Å². The minimum absolute atomic E-state index is 0.0574. The maximum atomic E-state index is 12.6. The van der Waals surface area contributed by atoms with Crippen molar-refractivity contribution in [3.63, 3.8) is 0 Å². The van der Waals surface area contributed by atoms with Crippen molar-refractivity contribution in [3.05, 3.63) is 12.2 Å². The maximum Gasteiger partial charge on any atom is 0.475 e. The molecule has 0 heterocycles. The summed E-state index contributed by atoms with van der Waals surface area (Å²) in [6.07, 6.45) is 33.2. The van der Waals surface area contributed by atoms with Crippen molar-refractivity contribution in [3.8, 4) is 0 Å². The highest BCUT2D eigenvalue weighted by Crippen LogP contribution is 2.45. The van der Waals surface area contributed by atoms with Crippen LogP contribution in [0.5, 0.6) is 0 Å². The van der Waals surface area contributed by atoms with E-state index in [1.807, 2.05) is 0 Å². The molecule has 1 N–H and O–H groups in total. The number of carbonyl (C=O) groups is 2. The van der Waals surface area contributed by atoms with Crippen molar-refractivity contribution in [1.29, 1.82) is 0 Å². The molecule has 284 valence electrons. The van der Waals surface area contributed by atoms with Gasteiger partial charge in [-0.2, -0.15) is 0 Å². The third-order valence-electron chi connectivity index (χ3n) is 8.60. The summed E-state index contributed by atoms with van der Waals surface area (Å²) in [6.45, 7) is 7.47. The lowest BCUT2D eigenvalue weighted by Gasteiger charge is -2.25. The molecule has 3 atom stereocenters. The van der Waals surface area contributed by atoms with Crippen molar-refractivity contribution in [1.82, 2.24) is 0 Å². The van der Waals surface area contributed by atoms with Crippen LogP contribution in [0, 0.1) is 0 Å². The van der Waals surface area contributed by atoms with Gasteiger partial charge >= 0.3 is 19.8 Å². The predicted octanol–water partition coefficient (Wildman–Crippen LogP) is 12.5. The Hall–Kier alpha value is -1.21. The van der Waals surface area contributed by atoms with Gasteiger partial charge in [0.1, 0.15) is 0 Å². The number of carbonyl (C=O) groups excluding carboxylic acids is 2. The van der Waals surface area contributed by atoms with Crippen LogP contribution < -0.4 is 0 Å². The Bertz CT molecular complexity index is 818. The summed E-state index contributed by atoms with van der Waals surface area (Å²) in [7, 11) is -4.49. The fraction of sp³-hybridized carbons (Fsp3) is 0.897. The molecule has 0 radical (unpaired) electrons. The predicted molar refractivity (Wildman–Crippen MR) is 198 cm³/mol. The second kappa shape index (κ2) is 34.2. The van der Waals surface area contributed by atoms with Gasteiger partial charge in [0.05, 0.1) is 6.61 Å². The number of hydrogen-bond donors (Lipinski definition) is 1. The first-order valence-electron chi connectivity index (χ1n) is 19.9. The number of hydrogen-bond acceptors (Lipinski definition) is 7. The number of unbranched alkanes of at least 4 members (excludes halogenated alkanes) is 23. The van der Waals surface area contributed by atoms with E-state index in [0.29, 0.717) is 12.8 Å². The first kappa shape index (κ1) is 46.8. The van der Waals surface area contributed by atoms with Crippen LogP contribution in [0.15, 0.2) is 12.2 Å². The first-order valence-corrected chi connectivity index (χ1v) is 21.4. The van der Waals surface area contributed by atoms with Crippen LogP contribution in [0.25, 0.3) is 0 Å². The smallest absolute Gasteiger partial charge is 0.456 e. The third kappa shape index (κ3) is 32.0. The van der Waals surface area contributed by atoms with Gasteiger partial charge in [-0.05, 0) is 52.4 Å². The van der Waals surface area contributed by atoms with Gasteiger partial charge in [-0.3, -0.25) is 14.1 Å². The van der Waals surface area contributed by atoms with Crippen molar-refractivity contribution >= 4 is 19.8 Å². The SMILES string of the molecule is CCCCCC=CCCCCCCCCCCC(=O)OC(C)C(OC(=O)CCCCCCCCCCCCCCC)OP(=O)(O)OCC. The quantitative estimate of drug-likeness (QED) is 0.0226. The lowest BCUT2D eigenvalue weighted by Crippen LogP contribution is -2.35. The highest BCUT2D eigenvalue weighted by molar-refractivity contribution is 7.47. The van der Waals surface area contributed by atoms with Crippen LogP contribution in [0.3, 0.4) is 0 Å². The fourth-order valence-corrected chi connectivity index (χ4v) is 6.53. The normalized spacial score (nSPS) is 14.2. The molecule has 0 saturated carbocycles. The molecule has 0 fully saturated rings. The Labute approximate surface area is 295 Å². The molecule has 0 aromatic heterocycles. The van der Waals surface area contributed by atoms with E-state index in [1.165, 1.54) is 122 Å². The van der Waals surface area contributed by atoms with Gasteiger partial charge in [-0.15, -0.1) is 0 Å². The zero-order valence-corrected chi connectivity index (χ0v) is 32.5. The second-order valence-electron chi connectivity index (χ2n) is 13.4. The summed E-state index contributed by atoms with van der Waals surface area (Å²) in [5.41, 5.74) is 0. The van der Waals surface area contributed by atoms with Crippen LogP contribution in [-0.2, 0) is 32.7 Å². The van der Waals surface area contributed by atoms with E-state index in [2.05, 4.69) is 26.0 Å². The molecule has 0 aliphatic rings. The van der Waals surface area contributed by atoms with Gasteiger partial charge in [-0.25, -0.2) is 9.09 Å². The van der Waals surface area contributed by atoms with E-state index in [4.69, 9.17) is 18.5 Å². The second-order valence-corrected chi connectivity index (χ2v) is 14.8. The van der Waals surface area contributed by atoms with Gasteiger partial charge in [0.15, 0.2) is 6.10 Å². The Morgan fingerprint density at radius 1 is 0.562 bits per heavy atom. The summed E-state index contributed by atoms with van der Waals surface area (Å²) < 4.78 is 33.0. The molecular weight excluding hydrogens is 627 g/mol. The van der Waals surface area contributed by atoms with Gasteiger partial charge in [0, 0.05) is 12.8 Å². The number of phosphoric acid groups is 1. The molecule has 3 unspecified atom stereocenters. The molecule has 0 saturated heterocycles. The Balaban J connectivity index is 4.20. The van der Waals surface area contributed by atoms with Crippen LogP contribution in [0.2, 0.25) is 0 Å². The minimum Gasteiger partial charge on any atom is -0.456 e. The van der Waals surface area contributed by atoms with Gasteiger partial charge in [0.2, 0.25) is 6.29 Å². The molecule has 0 aliphatic heterocycles. The van der Waals surface area contributed by atoms with E-state index in [1.54, 1.807) is 6.92 Å². The molecule has 0 rings (SSSR count). The van der Waals surface area contributed by atoms with Crippen LogP contribution in [0.4, 0.5) is 0 Å². The molecule has 9 heteroatoms. The topological polar surface area (TPSA) is 108 Å². The monoisotopic (exact) mass is 703 g/mol. The molecule has 0 amide bonds. The van der Waals surface area contributed by atoms with Crippen molar-refractivity contribution in [2.75, 3.05) is 6.61 Å². The third-order valence-corrected chi connectivity index (χ3v) is 9.66. The molecule has 0 aromatic rings. The molecule has 0 bridgehead atoms. The molecule has 48 heavy (non-hydrogen) atoms. The van der Waals surface area contributed by atoms with Crippen LogP contribution in [-0.4, -0.2) is 35.8 Å². The molecule has 8 nitrogen and oxygen atoms in total. The Morgan fingerprint density at radius 3 is 1.35 bits per heavy atom. The average molecular weight is 703 g/mol. The maximum absolute atomic E-state index is 12.6. The zero-order chi connectivity index (χ0) is 35.6. The number of rotatable bonds is 36. The number of phosphoric ester groups is 1. The van der Waals surface area contributed by atoms with E-state index in [0.717, 1.165) is 38.5 Å². The van der Waals surface area contributed by atoms with Crippen LogP contribution in [0.1, 0.15) is 207 Å². The Morgan fingerprint density at radius 2 is 0.917 bits per heavy atom. The van der Waals surface area contributed by atoms with E-state index in [9.17, 15) is 19.0 Å². The lowest BCUT2D eigenvalue weighted by molar-refractivity contribution is -0.193. The molecule has 0 aliphatic carbocycles. The Kier molecular flexibility index (Phi) is 33.4. The number of ether oxygens (including phenoxy) is 2. The van der Waals surface area contributed by atoms with Crippen molar-refractivity contribution in [2.24, 2.45) is 0 Å². The molecular formula is C39H75O8P. The van der Waals surface area contributed by atoms with Gasteiger partial charge in [0.25, 0.3) is 0 Å². The number of allylic oxidation sites excluding steroid dienone is 2. The van der Waals surface area contributed by atoms with E-state index < -0.39 is 32.2 Å². The zero-order valence-electron chi connectivity index (χ0n) is 31.6. The highest BCUT2D eigenvalue weighted by Gasteiger charge is 2.34. The fourth-order valence-electron chi connectivity index (χ4n) is 5.67. The summed E-state index contributed by atoms with van der Waals surface area (Å²) >= 11 is 0. The largest absolute Gasteiger partial charge is 0.475 e. The summed E-state index contributed by atoms with van der Waals surface area (Å²) in [5, 5.41) is 0. The van der Waals surface area contributed by atoms with Crippen molar-refractivity contribution < 1.29 is 37.6 Å². The molecule has 0 aromatic carbocycles. The highest BCUT2D eigenvalue weighted by atomic mass is 31.2. The standard InChI is InChI=1S/C39H75O8P/c1-5-8-10-12-14-16-18-20-21-23-25-26-28-30-32-34-37(40)45-36(4)39(47-48(42,43)44-7-3)46-38(41)35-33-31-29-27-24-22-19-17-15-13-11-9-6-2/h14,16,36,39H,5-13,15,17-35H2,1-4H3,(H,42,43). The lowest BCUT2D eigenvalue weighted by atomic mass is 10.0. The van der Waals surface area contributed by atoms with E-state index in [-0.39, 0.29) is 19.4 Å². The first-order chi connectivity index (χ1) is 23.3. The summed E-state index contributed by atoms with van der Waals surface area (Å²) in [4.78, 5) is 35.1. The van der Waals surface area contributed by atoms with Crippen molar-refractivity contribution in [2.45, 2.75) is 220 Å². The van der Waals surface area contributed by atoms with Gasteiger partial charge in [-0.1, -0.05) is 154 Å². The minimum atomic E-state index is -4.49. The average Bonchev–Trinajstić information content (AvgIpc) is 3.04. The number of esters is 2. The molecule has 0 spiro atoms. The van der Waals surface area contributed by atoms with Crippen LogP contribution >= 0.6 is 7.82 Å². The summed E-state index contributed by atoms with van der Waals surface area (Å²) in [6, 6.07) is 0. The summed E-state index contributed by atoms with van der Waals surface area (Å²) in [5.74, 6) is -1.00. The van der Waals surface area contributed by atoms with E-state index >= 15 is 0 Å².